The summed E-state index contributed by atoms with van der Waals surface area (Å²) in [7, 11) is 0. The average molecular weight is 692 g/mol. The van der Waals surface area contributed by atoms with E-state index < -0.39 is 5.97 Å². The molecule has 0 aliphatic carbocycles. The molecule has 0 saturated heterocycles. The summed E-state index contributed by atoms with van der Waals surface area (Å²) in [4.78, 5) is 21.1. The molecule has 0 bridgehead atoms. The van der Waals surface area contributed by atoms with Crippen LogP contribution in [0.15, 0.2) is 31.0 Å². The summed E-state index contributed by atoms with van der Waals surface area (Å²) in [6.45, 7) is 6.67. The zero-order chi connectivity index (χ0) is 34.2. The number of thioether (sulfide) groups is 1. The molecule has 1 aromatic heterocycles. The second-order valence-corrected chi connectivity index (χ2v) is 14.1. The van der Waals surface area contributed by atoms with Gasteiger partial charge in [-0.1, -0.05) is 103 Å². The number of ether oxygens (including phenoxy) is 3. The van der Waals surface area contributed by atoms with E-state index in [0.717, 1.165) is 57.0 Å². The quantitative estimate of drug-likeness (QED) is 0.0562. The molecule has 9 nitrogen and oxygen atoms in total. The van der Waals surface area contributed by atoms with Gasteiger partial charge in [-0.3, -0.25) is 4.79 Å². The number of carboxylic acid groups (broad SMARTS) is 1. The van der Waals surface area contributed by atoms with Gasteiger partial charge in [-0.25, -0.2) is 9.97 Å². The van der Waals surface area contributed by atoms with Crippen molar-refractivity contribution in [1.82, 2.24) is 14.9 Å². The minimum Gasteiger partial charge on any atom is -0.481 e. The summed E-state index contributed by atoms with van der Waals surface area (Å²) < 4.78 is 20.2. The molecule has 0 fully saturated rings. The molecular formula is C38H67N4O5S+. The van der Waals surface area contributed by atoms with Crippen molar-refractivity contribution in [2.24, 2.45) is 0 Å². The van der Waals surface area contributed by atoms with Crippen molar-refractivity contribution in [2.45, 2.75) is 141 Å². The topological polar surface area (TPSA) is 97.0 Å². The Bertz CT molecular complexity index is 952. The molecule has 0 radical (unpaired) electrons. The highest BCUT2D eigenvalue weighted by molar-refractivity contribution is 7.99. The van der Waals surface area contributed by atoms with E-state index in [1.54, 1.807) is 12.3 Å². The van der Waals surface area contributed by atoms with Gasteiger partial charge in [-0.05, 0) is 19.3 Å². The molecule has 274 valence electrons. The maximum absolute atomic E-state index is 10.6. The van der Waals surface area contributed by atoms with E-state index in [0.29, 0.717) is 25.7 Å². The Kier molecular flexibility index (Phi) is 27.0. The molecule has 0 aromatic carbocycles. The maximum atomic E-state index is 10.6. The summed E-state index contributed by atoms with van der Waals surface area (Å²) in [5.41, 5.74) is 0. The van der Waals surface area contributed by atoms with Gasteiger partial charge >= 0.3 is 5.97 Å². The van der Waals surface area contributed by atoms with Crippen molar-refractivity contribution >= 4 is 23.9 Å². The van der Waals surface area contributed by atoms with Crippen LogP contribution in [0.1, 0.15) is 135 Å². The Labute approximate surface area is 296 Å². The van der Waals surface area contributed by atoms with Gasteiger partial charge in [0.1, 0.15) is 18.6 Å². The summed E-state index contributed by atoms with van der Waals surface area (Å²) >= 11 is 1.82. The fourth-order valence-corrected chi connectivity index (χ4v) is 6.47. The van der Waals surface area contributed by atoms with E-state index in [1.807, 2.05) is 11.8 Å². The van der Waals surface area contributed by atoms with Crippen LogP contribution in [0.25, 0.3) is 0 Å². The lowest BCUT2D eigenvalue weighted by Gasteiger charge is -2.18. The third-order valence-corrected chi connectivity index (χ3v) is 9.57. The van der Waals surface area contributed by atoms with Crippen LogP contribution in [0.4, 0.5) is 0 Å². The van der Waals surface area contributed by atoms with Crippen molar-refractivity contribution in [3.05, 3.63) is 31.0 Å². The Hall–Kier alpha value is -2.17. The monoisotopic (exact) mass is 691 g/mol. The van der Waals surface area contributed by atoms with Gasteiger partial charge in [0, 0.05) is 49.8 Å². The Balaban J connectivity index is 1.44. The maximum Gasteiger partial charge on any atom is 0.303 e. The van der Waals surface area contributed by atoms with Gasteiger partial charge in [0.2, 0.25) is 12.5 Å². The van der Waals surface area contributed by atoms with Crippen LogP contribution in [0.2, 0.25) is 0 Å². The van der Waals surface area contributed by atoms with Gasteiger partial charge in [-0.2, -0.15) is 16.3 Å². The van der Waals surface area contributed by atoms with Crippen LogP contribution in [0.3, 0.4) is 0 Å². The average Bonchev–Trinajstić information content (AvgIpc) is 3.54. The van der Waals surface area contributed by atoms with Gasteiger partial charge in [0.25, 0.3) is 0 Å². The number of rotatable bonds is 34. The van der Waals surface area contributed by atoms with Crippen LogP contribution in [0, 0.1) is 0 Å². The van der Waals surface area contributed by atoms with Gasteiger partial charge in [0.05, 0.1) is 26.0 Å². The summed E-state index contributed by atoms with van der Waals surface area (Å²) in [6, 6.07) is 1.79. The van der Waals surface area contributed by atoms with E-state index >= 15 is 0 Å². The number of hydrogen-bond acceptors (Lipinski definition) is 8. The number of unbranched alkanes of at least 4 members (excludes halogenated alkanes) is 17. The largest absolute Gasteiger partial charge is 0.481 e. The second-order valence-electron chi connectivity index (χ2n) is 12.9. The van der Waals surface area contributed by atoms with Crippen molar-refractivity contribution < 1.29 is 28.7 Å². The van der Waals surface area contributed by atoms with Crippen molar-refractivity contribution in [1.29, 1.82) is 0 Å². The molecular weight excluding hydrogens is 625 g/mol. The molecule has 1 aliphatic rings. The lowest BCUT2D eigenvalue weighted by Crippen LogP contribution is -2.27. The van der Waals surface area contributed by atoms with E-state index in [1.165, 1.54) is 103 Å². The standard InChI is InChI=1S/C38H66N4O5S/c1-2-3-4-5-6-7-8-9-10-11-12-13-14-15-16-20-28-46-32-36(47-37-22-23-39-34-40-37)33-48-31-30-45-29-27-42-26-25-41(35-42)24-19-17-18-21-38(43)44/h22-26,34,36H,2-21,27-33,35H2,1H3/p+1. The minimum absolute atomic E-state index is 0.0629. The first-order valence-corrected chi connectivity index (χ1v) is 20.2. The van der Waals surface area contributed by atoms with Crippen LogP contribution < -0.4 is 4.74 Å². The lowest BCUT2D eigenvalue weighted by atomic mass is 10.0. The van der Waals surface area contributed by atoms with Crippen LogP contribution >= 0.6 is 11.8 Å². The molecule has 0 amide bonds. The fourth-order valence-electron chi connectivity index (χ4n) is 5.64. The molecule has 10 heteroatoms. The summed E-state index contributed by atoms with van der Waals surface area (Å²) in [5, 5.41) is 8.74. The normalized spacial score (nSPS) is 14.3. The van der Waals surface area contributed by atoms with Gasteiger partial charge in [-0.15, -0.1) is 0 Å². The van der Waals surface area contributed by atoms with E-state index in [-0.39, 0.29) is 12.5 Å². The van der Waals surface area contributed by atoms with Crippen molar-refractivity contribution in [2.75, 3.05) is 51.1 Å². The Morgan fingerprint density at radius 2 is 1.60 bits per heavy atom. The molecule has 48 heavy (non-hydrogen) atoms. The molecule has 1 unspecified atom stereocenters. The van der Waals surface area contributed by atoms with E-state index in [2.05, 4.69) is 45.0 Å². The third-order valence-electron chi connectivity index (χ3n) is 8.51. The molecule has 2 rings (SSSR count). The first-order valence-electron chi connectivity index (χ1n) is 19.1. The number of carbonyl (C=O) groups is 1. The summed E-state index contributed by atoms with van der Waals surface area (Å²) in [6.07, 6.45) is 34.1. The number of nitrogens with zero attached hydrogens (tertiary/aromatic N) is 4. The van der Waals surface area contributed by atoms with Crippen molar-refractivity contribution in [3.8, 4) is 5.88 Å². The highest BCUT2D eigenvalue weighted by atomic mass is 32.2. The van der Waals surface area contributed by atoms with Crippen LogP contribution in [0.5, 0.6) is 5.88 Å². The van der Waals surface area contributed by atoms with Gasteiger partial charge in [0.15, 0.2) is 6.20 Å². The SMILES string of the molecule is CCCCCCCCCCCCCCCCCCOCC(CSCCOCCN1C=C[N+](=CCCCCC(=O)O)C1)Oc1ccncn1. The molecule has 1 aromatic rings. The Morgan fingerprint density at radius 3 is 2.25 bits per heavy atom. The number of carboxylic acids is 1. The van der Waals surface area contributed by atoms with E-state index in [9.17, 15) is 4.79 Å². The molecule has 2 heterocycles. The first-order chi connectivity index (χ1) is 23.7. The zero-order valence-electron chi connectivity index (χ0n) is 30.1. The smallest absolute Gasteiger partial charge is 0.303 e. The molecule has 1 N–H and O–H groups in total. The van der Waals surface area contributed by atoms with E-state index in [4.69, 9.17) is 19.3 Å². The lowest BCUT2D eigenvalue weighted by molar-refractivity contribution is -0.460. The second kappa shape index (κ2) is 30.9. The molecule has 0 saturated carbocycles. The first kappa shape index (κ1) is 42.0. The van der Waals surface area contributed by atoms with Crippen molar-refractivity contribution in [3.63, 3.8) is 0 Å². The number of aliphatic carboxylic acids is 1. The van der Waals surface area contributed by atoms with Crippen LogP contribution in [-0.4, -0.2) is 94.0 Å². The highest BCUT2D eigenvalue weighted by Gasteiger charge is 2.15. The predicted octanol–water partition coefficient (Wildman–Crippen LogP) is 8.72. The Morgan fingerprint density at radius 1 is 0.917 bits per heavy atom. The molecule has 0 spiro atoms. The predicted molar refractivity (Wildman–Crippen MR) is 198 cm³/mol. The highest BCUT2D eigenvalue weighted by Crippen LogP contribution is 2.15. The summed E-state index contributed by atoms with van der Waals surface area (Å²) in [5.74, 6) is 1.58. The number of aromatic nitrogens is 2. The molecule has 1 aliphatic heterocycles. The zero-order valence-corrected chi connectivity index (χ0v) is 30.9. The number of hydrogen-bond donors (Lipinski definition) is 1. The molecule has 1 atom stereocenters. The third kappa shape index (κ3) is 24.9. The van der Waals surface area contributed by atoms with Crippen LogP contribution in [-0.2, 0) is 14.3 Å². The van der Waals surface area contributed by atoms with Gasteiger partial charge < -0.3 is 24.2 Å². The minimum atomic E-state index is -0.721. The fraction of sp³-hybridized carbons (Fsp3) is 0.789.